The monoisotopic (exact) mass is 490 g/mol. The highest BCUT2D eigenvalue weighted by Crippen LogP contribution is 2.27. The SMILES string of the molecule is C=CCn1c(SCC(=O)Nc2cc(C(=O)OCC)ccc2Cl)nnc1-c1ccc(Cl)cc1. The number of aromatic nitrogens is 3. The Morgan fingerprint density at radius 1 is 1.19 bits per heavy atom. The van der Waals surface area contributed by atoms with E-state index in [0.29, 0.717) is 38.8 Å². The number of hydrogen-bond acceptors (Lipinski definition) is 6. The summed E-state index contributed by atoms with van der Waals surface area (Å²) < 4.78 is 6.85. The van der Waals surface area contributed by atoms with Gasteiger partial charge in [0.1, 0.15) is 0 Å². The first-order valence-corrected chi connectivity index (χ1v) is 11.4. The lowest BCUT2D eigenvalue weighted by Gasteiger charge is -2.10. The molecule has 0 aliphatic heterocycles. The molecule has 0 atom stereocenters. The Kier molecular flexibility index (Phi) is 8.33. The number of nitrogens with zero attached hydrogens (tertiary/aromatic N) is 3. The van der Waals surface area contributed by atoms with Crippen molar-refractivity contribution in [3.8, 4) is 11.4 Å². The van der Waals surface area contributed by atoms with Crippen LogP contribution in [0.3, 0.4) is 0 Å². The molecule has 0 unspecified atom stereocenters. The topological polar surface area (TPSA) is 86.1 Å². The zero-order valence-corrected chi connectivity index (χ0v) is 19.5. The van der Waals surface area contributed by atoms with E-state index >= 15 is 0 Å². The number of thioether (sulfide) groups is 1. The highest BCUT2D eigenvalue weighted by molar-refractivity contribution is 7.99. The van der Waals surface area contributed by atoms with Gasteiger partial charge in [-0.15, -0.1) is 16.8 Å². The van der Waals surface area contributed by atoms with Gasteiger partial charge in [0.25, 0.3) is 0 Å². The lowest BCUT2D eigenvalue weighted by molar-refractivity contribution is -0.113. The van der Waals surface area contributed by atoms with Crippen molar-refractivity contribution in [2.24, 2.45) is 0 Å². The van der Waals surface area contributed by atoms with Crippen LogP contribution in [0.15, 0.2) is 60.3 Å². The van der Waals surface area contributed by atoms with Crippen LogP contribution >= 0.6 is 35.0 Å². The fourth-order valence-corrected chi connectivity index (χ4v) is 3.82. The van der Waals surface area contributed by atoms with Gasteiger partial charge in [-0.05, 0) is 49.4 Å². The van der Waals surface area contributed by atoms with E-state index in [1.54, 1.807) is 31.2 Å². The predicted octanol–water partition coefficient (Wildman–Crippen LogP) is 5.35. The van der Waals surface area contributed by atoms with E-state index in [9.17, 15) is 9.59 Å². The first-order chi connectivity index (χ1) is 15.4. The summed E-state index contributed by atoms with van der Waals surface area (Å²) in [6.07, 6.45) is 1.73. The van der Waals surface area contributed by atoms with Gasteiger partial charge in [0, 0.05) is 17.1 Å². The van der Waals surface area contributed by atoms with Crippen LogP contribution < -0.4 is 5.32 Å². The van der Waals surface area contributed by atoms with Crippen LogP contribution in [0, 0.1) is 0 Å². The number of nitrogens with one attached hydrogen (secondary N) is 1. The molecule has 3 rings (SSSR count). The second-order valence-electron chi connectivity index (χ2n) is 6.46. The van der Waals surface area contributed by atoms with Gasteiger partial charge in [0.15, 0.2) is 11.0 Å². The van der Waals surface area contributed by atoms with Gasteiger partial charge in [0.05, 0.1) is 28.6 Å². The van der Waals surface area contributed by atoms with Gasteiger partial charge >= 0.3 is 5.97 Å². The normalized spacial score (nSPS) is 10.6. The maximum absolute atomic E-state index is 12.5. The van der Waals surface area contributed by atoms with E-state index in [2.05, 4.69) is 22.1 Å². The summed E-state index contributed by atoms with van der Waals surface area (Å²) in [6.45, 7) is 6.23. The Labute approximate surface area is 199 Å². The van der Waals surface area contributed by atoms with Gasteiger partial charge in [0.2, 0.25) is 5.91 Å². The molecule has 3 aromatic rings. The van der Waals surface area contributed by atoms with Gasteiger partial charge in [-0.3, -0.25) is 9.36 Å². The van der Waals surface area contributed by atoms with Crippen LogP contribution in [0.1, 0.15) is 17.3 Å². The van der Waals surface area contributed by atoms with Crippen molar-refractivity contribution in [1.29, 1.82) is 0 Å². The number of carbonyl (C=O) groups is 2. The van der Waals surface area contributed by atoms with Gasteiger partial charge in [-0.1, -0.05) is 41.0 Å². The zero-order valence-electron chi connectivity index (χ0n) is 17.2. The minimum absolute atomic E-state index is 0.0653. The molecule has 0 radical (unpaired) electrons. The molecule has 166 valence electrons. The number of amides is 1. The minimum Gasteiger partial charge on any atom is -0.462 e. The quantitative estimate of drug-likeness (QED) is 0.247. The number of hydrogen-bond donors (Lipinski definition) is 1. The average Bonchev–Trinajstić information content (AvgIpc) is 3.17. The number of allylic oxidation sites excluding steroid dienone is 1. The molecule has 1 heterocycles. The van der Waals surface area contributed by atoms with Crippen molar-refractivity contribution >= 4 is 52.5 Å². The van der Waals surface area contributed by atoms with Crippen LogP contribution in [-0.2, 0) is 16.1 Å². The fraction of sp³-hybridized carbons (Fsp3) is 0.182. The number of benzene rings is 2. The van der Waals surface area contributed by atoms with Crippen molar-refractivity contribution in [2.45, 2.75) is 18.6 Å². The first kappa shape index (κ1) is 23.8. The van der Waals surface area contributed by atoms with Crippen LogP contribution in [-0.4, -0.2) is 39.0 Å². The Balaban J connectivity index is 1.71. The number of anilines is 1. The highest BCUT2D eigenvalue weighted by Gasteiger charge is 2.16. The summed E-state index contributed by atoms with van der Waals surface area (Å²) in [5, 5.41) is 12.7. The van der Waals surface area contributed by atoms with Crippen LogP contribution in [0.4, 0.5) is 5.69 Å². The summed E-state index contributed by atoms with van der Waals surface area (Å²) in [6, 6.07) is 11.8. The summed E-state index contributed by atoms with van der Waals surface area (Å²) >= 11 is 13.4. The lowest BCUT2D eigenvalue weighted by Crippen LogP contribution is -2.16. The summed E-state index contributed by atoms with van der Waals surface area (Å²) in [5.74, 6) is -0.0781. The zero-order chi connectivity index (χ0) is 23.1. The van der Waals surface area contributed by atoms with Crippen molar-refractivity contribution in [3.63, 3.8) is 0 Å². The third-order valence-electron chi connectivity index (χ3n) is 4.21. The predicted molar refractivity (Wildman–Crippen MR) is 127 cm³/mol. The number of ether oxygens (including phenoxy) is 1. The van der Waals surface area contributed by atoms with Crippen LogP contribution in [0.25, 0.3) is 11.4 Å². The molecule has 0 saturated heterocycles. The number of esters is 1. The molecule has 0 spiro atoms. The van der Waals surface area contributed by atoms with E-state index < -0.39 is 5.97 Å². The summed E-state index contributed by atoms with van der Waals surface area (Å²) in [4.78, 5) is 24.5. The fourth-order valence-electron chi connectivity index (χ4n) is 2.78. The molecule has 0 aliphatic carbocycles. The smallest absolute Gasteiger partial charge is 0.338 e. The molecule has 1 amide bonds. The Hall–Kier alpha value is -2.81. The third-order valence-corrected chi connectivity index (χ3v) is 5.76. The molecule has 7 nitrogen and oxygen atoms in total. The van der Waals surface area contributed by atoms with E-state index in [0.717, 1.165) is 5.56 Å². The molecule has 0 aliphatic rings. The maximum Gasteiger partial charge on any atom is 0.338 e. The van der Waals surface area contributed by atoms with Crippen molar-refractivity contribution in [1.82, 2.24) is 14.8 Å². The Bertz CT molecular complexity index is 1130. The van der Waals surface area contributed by atoms with E-state index in [4.69, 9.17) is 27.9 Å². The van der Waals surface area contributed by atoms with E-state index in [1.807, 2.05) is 16.7 Å². The molecule has 1 N–H and O–H groups in total. The van der Waals surface area contributed by atoms with Crippen LogP contribution in [0.2, 0.25) is 10.0 Å². The molecule has 0 saturated carbocycles. The van der Waals surface area contributed by atoms with E-state index in [-0.39, 0.29) is 18.3 Å². The summed E-state index contributed by atoms with van der Waals surface area (Å²) in [5.41, 5.74) is 1.48. The molecule has 1 aromatic heterocycles. The van der Waals surface area contributed by atoms with Gasteiger partial charge < -0.3 is 10.1 Å². The minimum atomic E-state index is -0.485. The largest absolute Gasteiger partial charge is 0.462 e. The molecule has 0 fully saturated rings. The molecular weight excluding hydrogens is 471 g/mol. The standard InChI is InChI=1S/C22H20Cl2N4O3S/c1-3-11-28-20(14-5-8-16(23)9-6-14)26-27-22(28)32-13-19(29)25-18-12-15(7-10-17(18)24)21(30)31-4-2/h3,5-10,12H,1,4,11,13H2,2H3,(H,25,29). The van der Waals surface area contributed by atoms with E-state index in [1.165, 1.54) is 23.9 Å². The number of rotatable bonds is 9. The number of halogens is 2. The molecular formula is C22H20Cl2N4O3S. The second-order valence-corrected chi connectivity index (χ2v) is 8.25. The van der Waals surface area contributed by atoms with Crippen LogP contribution in [0.5, 0.6) is 0 Å². The number of carbonyl (C=O) groups excluding carboxylic acids is 2. The first-order valence-electron chi connectivity index (χ1n) is 9.62. The van der Waals surface area contributed by atoms with Crippen molar-refractivity contribution in [3.05, 3.63) is 70.7 Å². The maximum atomic E-state index is 12.5. The van der Waals surface area contributed by atoms with Gasteiger partial charge in [-0.25, -0.2) is 4.79 Å². The van der Waals surface area contributed by atoms with Gasteiger partial charge in [-0.2, -0.15) is 0 Å². The molecule has 0 bridgehead atoms. The molecule has 10 heteroatoms. The van der Waals surface area contributed by atoms with Crippen molar-refractivity contribution < 1.29 is 14.3 Å². The molecule has 32 heavy (non-hydrogen) atoms. The lowest BCUT2D eigenvalue weighted by atomic mass is 10.2. The highest BCUT2D eigenvalue weighted by atomic mass is 35.5. The Morgan fingerprint density at radius 3 is 2.62 bits per heavy atom. The Morgan fingerprint density at radius 2 is 1.94 bits per heavy atom. The van der Waals surface area contributed by atoms with Crippen molar-refractivity contribution in [2.75, 3.05) is 17.7 Å². The average molecular weight is 491 g/mol. The third kappa shape index (κ3) is 5.91. The second kappa shape index (κ2) is 11.2. The summed E-state index contributed by atoms with van der Waals surface area (Å²) in [7, 11) is 0. The molecule has 2 aromatic carbocycles.